The van der Waals surface area contributed by atoms with Gasteiger partial charge in [-0.1, -0.05) is 17.7 Å². The van der Waals surface area contributed by atoms with E-state index in [1.165, 1.54) is 18.3 Å². The number of rotatable bonds is 4. The minimum absolute atomic E-state index is 0.0254. The fourth-order valence-electron chi connectivity index (χ4n) is 2.35. The predicted molar refractivity (Wildman–Crippen MR) is 93.5 cm³/mol. The SMILES string of the molecule is Nc1ncccc1-c1nccc(NCc2ccc(Cl)cc2C(F)(F)F)n1. The number of nitrogen functional groups attached to an aromatic ring is 1. The first kappa shape index (κ1) is 17.9. The maximum Gasteiger partial charge on any atom is 0.416 e. The van der Waals surface area contributed by atoms with Gasteiger partial charge < -0.3 is 11.1 Å². The summed E-state index contributed by atoms with van der Waals surface area (Å²) in [4.78, 5) is 12.4. The third-order valence-electron chi connectivity index (χ3n) is 3.57. The average Bonchev–Trinajstić information content (AvgIpc) is 2.60. The van der Waals surface area contributed by atoms with Crippen molar-refractivity contribution in [1.29, 1.82) is 0 Å². The Bertz CT molecular complexity index is 930. The van der Waals surface area contributed by atoms with Crippen molar-refractivity contribution in [3.8, 4) is 11.4 Å². The lowest BCUT2D eigenvalue weighted by molar-refractivity contribution is -0.138. The topological polar surface area (TPSA) is 76.7 Å². The number of hydrogen-bond acceptors (Lipinski definition) is 5. The summed E-state index contributed by atoms with van der Waals surface area (Å²) in [5.41, 5.74) is 5.61. The molecule has 0 aliphatic rings. The Labute approximate surface area is 152 Å². The lowest BCUT2D eigenvalue weighted by atomic mass is 10.1. The Kier molecular flexibility index (Phi) is 4.94. The molecule has 0 saturated heterocycles. The van der Waals surface area contributed by atoms with E-state index < -0.39 is 11.7 Å². The molecule has 0 radical (unpaired) electrons. The molecule has 3 rings (SSSR count). The highest BCUT2D eigenvalue weighted by Crippen LogP contribution is 2.34. The van der Waals surface area contributed by atoms with Crippen LogP contribution in [0.3, 0.4) is 0 Å². The van der Waals surface area contributed by atoms with E-state index >= 15 is 0 Å². The Morgan fingerprint density at radius 3 is 2.62 bits per heavy atom. The molecule has 0 spiro atoms. The molecule has 0 unspecified atom stereocenters. The molecular weight excluding hydrogens is 367 g/mol. The quantitative estimate of drug-likeness (QED) is 0.702. The first-order chi connectivity index (χ1) is 12.3. The molecule has 1 aromatic carbocycles. The second kappa shape index (κ2) is 7.17. The second-order valence-electron chi connectivity index (χ2n) is 5.35. The first-order valence-electron chi connectivity index (χ1n) is 7.48. The van der Waals surface area contributed by atoms with E-state index in [9.17, 15) is 13.2 Å². The summed E-state index contributed by atoms with van der Waals surface area (Å²) in [6, 6.07) is 8.61. The molecule has 0 bridgehead atoms. The van der Waals surface area contributed by atoms with Crippen LogP contribution in [0.4, 0.5) is 24.8 Å². The van der Waals surface area contributed by atoms with Crippen molar-refractivity contribution in [3.05, 3.63) is 64.9 Å². The van der Waals surface area contributed by atoms with Crippen molar-refractivity contribution in [3.63, 3.8) is 0 Å². The summed E-state index contributed by atoms with van der Waals surface area (Å²) in [6.45, 7) is -0.0784. The number of nitrogens with zero attached hydrogens (tertiary/aromatic N) is 3. The van der Waals surface area contributed by atoms with Crippen LogP contribution >= 0.6 is 11.6 Å². The van der Waals surface area contributed by atoms with Crippen LogP contribution in [0, 0.1) is 0 Å². The third kappa shape index (κ3) is 4.02. The maximum absolute atomic E-state index is 13.2. The number of aromatic nitrogens is 3. The zero-order valence-corrected chi connectivity index (χ0v) is 14.0. The second-order valence-corrected chi connectivity index (χ2v) is 5.79. The Morgan fingerprint density at radius 2 is 1.88 bits per heavy atom. The minimum Gasteiger partial charge on any atom is -0.383 e. The number of nitrogens with two attached hydrogens (primary N) is 1. The molecule has 0 atom stereocenters. The maximum atomic E-state index is 13.2. The number of hydrogen-bond donors (Lipinski definition) is 2. The number of pyridine rings is 1. The molecule has 0 saturated carbocycles. The van der Waals surface area contributed by atoms with Crippen LogP contribution in [-0.2, 0) is 12.7 Å². The van der Waals surface area contributed by atoms with Gasteiger partial charge in [0, 0.05) is 24.0 Å². The van der Waals surface area contributed by atoms with Gasteiger partial charge >= 0.3 is 6.18 Å². The number of benzene rings is 1. The Balaban J connectivity index is 1.84. The standard InChI is InChI=1S/C17H13ClF3N5/c18-11-4-3-10(13(8-11)17(19,20)21)9-25-14-5-7-24-16(26-14)12-2-1-6-23-15(12)22/h1-8H,9H2,(H2,22,23)(H,24,25,26). The van der Waals surface area contributed by atoms with Gasteiger partial charge in [0.2, 0.25) is 0 Å². The zero-order chi connectivity index (χ0) is 18.7. The predicted octanol–water partition coefficient (Wildman–Crippen LogP) is 4.41. The van der Waals surface area contributed by atoms with E-state index in [1.54, 1.807) is 24.4 Å². The van der Waals surface area contributed by atoms with E-state index in [4.69, 9.17) is 17.3 Å². The molecule has 9 heteroatoms. The molecular formula is C17H13ClF3N5. The van der Waals surface area contributed by atoms with Crippen molar-refractivity contribution in [2.75, 3.05) is 11.1 Å². The van der Waals surface area contributed by atoms with Gasteiger partial charge in [0.25, 0.3) is 0 Å². The lowest BCUT2D eigenvalue weighted by Gasteiger charge is -2.14. The highest BCUT2D eigenvalue weighted by Gasteiger charge is 2.33. The molecule has 2 aromatic heterocycles. The summed E-state index contributed by atoms with van der Waals surface area (Å²) in [5, 5.41) is 2.89. The molecule has 0 fully saturated rings. The summed E-state index contributed by atoms with van der Waals surface area (Å²) < 4.78 is 39.5. The smallest absolute Gasteiger partial charge is 0.383 e. The summed E-state index contributed by atoms with van der Waals surface area (Å²) in [6.07, 6.45) is -1.47. The van der Waals surface area contributed by atoms with E-state index in [1.807, 2.05) is 0 Å². The van der Waals surface area contributed by atoms with Crippen molar-refractivity contribution in [1.82, 2.24) is 15.0 Å². The molecule has 2 heterocycles. The number of nitrogens with one attached hydrogen (secondary N) is 1. The van der Waals surface area contributed by atoms with E-state index in [0.717, 1.165) is 6.07 Å². The lowest BCUT2D eigenvalue weighted by Crippen LogP contribution is -2.12. The monoisotopic (exact) mass is 379 g/mol. The molecule has 5 nitrogen and oxygen atoms in total. The minimum atomic E-state index is -4.50. The number of alkyl halides is 3. The molecule has 0 aliphatic heterocycles. The fraction of sp³-hybridized carbons (Fsp3) is 0.118. The normalized spacial score (nSPS) is 11.4. The Morgan fingerprint density at radius 1 is 1.08 bits per heavy atom. The van der Waals surface area contributed by atoms with Gasteiger partial charge in [0.15, 0.2) is 5.82 Å². The molecule has 0 aliphatic carbocycles. The van der Waals surface area contributed by atoms with Crippen LogP contribution in [0.25, 0.3) is 11.4 Å². The van der Waals surface area contributed by atoms with Crippen LogP contribution in [-0.4, -0.2) is 15.0 Å². The van der Waals surface area contributed by atoms with Crippen LogP contribution in [0.2, 0.25) is 5.02 Å². The summed E-state index contributed by atoms with van der Waals surface area (Å²) in [5.74, 6) is 0.954. The summed E-state index contributed by atoms with van der Waals surface area (Å²) >= 11 is 5.68. The van der Waals surface area contributed by atoms with Gasteiger partial charge in [0.1, 0.15) is 11.6 Å². The average molecular weight is 380 g/mol. The van der Waals surface area contributed by atoms with E-state index in [2.05, 4.69) is 20.3 Å². The summed E-state index contributed by atoms with van der Waals surface area (Å²) in [7, 11) is 0. The molecule has 26 heavy (non-hydrogen) atoms. The molecule has 0 amide bonds. The molecule has 3 N–H and O–H groups in total. The van der Waals surface area contributed by atoms with Gasteiger partial charge in [-0.25, -0.2) is 15.0 Å². The fourth-order valence-corrected chi connectivity index (χ4v) is 2.52. The van der Waals surface area contributed by atoms with Crippen LogP contribution in [0.5, 0.6) is 0 Å². The highest BCUT2D eigenvalue weighted by atomic mass is 35.5. The van der Waals surface area contributed by atoms with E-state index in [0.29, 0.717) is 17.2 Å². The van der Waals surface area contributed by atoms with Crippen LogP contribution in [0.1, 0.15) is 11.1 Å². The highest BCUT2D eigenvalue weighted by molar-refractivity contribution is 6.30. The third-order valence-corrected chi connectivity index (χ3v) is 3.81. The van der Waals surface area contributed by atoms with Gasteiger partial charge in [0.05, 0.1) is 11.1 Å². The first-order valence-corrected chi connectivity index (χ1v) is 7.86. The Hall–Kier alpha value is -2.87. The van der Waals surface area contributed by atoms with E-state index in [-0.39, 0.29) is 22.9 Å². The van der Waals surface area contributed by atoms with Gasteiger partial charge in [-0.2, -0.15) is 13.2 Å². The van der Waals surface area contributed by atoms with Crippen molar-refractivity contribution >= 4 is 23.2 Å². The van der Waals surface area contributed by atoms with Gasteiger partial charge in [-0.3, -0.25) is 0 Å². The van der Waals surface area contributed by atoms with Crippen molar-refractivity contribution in [2.24, 2.45) is 0 Å². The van der Waals surface area contributed by atoms with Gasteiger partial charge in [-0.15, -0.1) is 0 Å². The van der Waals surface area contributed by atoms with Crippen molar-refractivity contribution in [2.45, 2.75) is 12.7 Å². The largest absolute Gasteiger partial charge is 0.416 e. The molecule has 134 valence electrons. The van der Waals surface area contributed by atoms with Gasteiger partial charge in [-0.05, 0) is 35.9 Å². The van der Waals surface area contributed by atoms with Crippen LogP contribution < -0.4 is 11.1 Å². The number of anilines is 2. The molecule has 3 aromatic rings. The van der Waals surface area contributed by atoms with Crippen molar-refractivity contribution < 1.29 is 13.2 Å². The van der Waals surface area contributed by atoms with Crippen LogP contribution in [0.15, 0.2) is 48.8 Å². The number of halogens is 4. The zero-order valence-electron chi connectivity index (χ0n) is 13.3.